The lowest BCUT2D eigenvalue weighted by Crippen LogP contribution is -2.31. The zero-order chi connectivity index (χ0) is 16.7. The van der Waals surface area contributed by atoms with Gasteiger partial charge in [0.2, 0.25) is 5.88 Å². The number of hydrogen-bond donors (Lipinski definition) is 2. The van der Waals surface area contributed by atoms with Gasteiger partial charge >= 0.3 is 0 Å². The van der Waals surface area contributed by atoms with Gasteiger partial charge in [-0.05, 0) is 24.6 Å². The van der Waals surface area contributed by atoms with E-state index in [1.807, 2.05) is 6.07 Å². The Morgan fingerprint density at radius 2 is 2.17 bits per heavy atom. The van der Waals surface area contributed by atoms with Gasteiger partial charge in [-0.2, -0.15) is 9.99 Å². The summed E-state index contributed by atoms with van der Waals surface area (Å²) in [5, 5.41) is 19.8. The second kappa shape index (κ2) is 5.38. The molecule has 1 atom stereocenters. The number of nitrogens with two attached hydrogens (primary N) is 1. The highest BCUT2D eigenvalue weighted by molar-refractivity contribution is 6.30. The first-order valence-electron chi connectivity index (χ1n) is 6.73. The van der Waals surface area contributed by atoms with Crippen LogP contribution in [0.1, 0.15) is 22.7 Å². The molecule has 23 heavy (non-hydrogen) atoms. The molecule has 1 aliphatic heterocycles. The Morgan fingerprint density at radius 1 is 1.43 bits per heavy atom. The van der Waals surface area contributed by atoms with Crippen molar-refractivity contribution < 1.29 is 9.94 Å². The largest absolute Gasteiger partial charge is 0.440 e. The van der Waals surface area contributed by atoms with Crippen molar-refractivity contribution in [2.45, 2.75) is 12.8 Å². The molecule has 0 spiro atoms. The number of rotatable bonds is 1. The fourth-order valence-electron chi connectivity index (χ4n) is 2.66. The second-order valence-electron chi connectivity index (χ2n) is 5.16. The van der Waals surface area contributed by atoms with Gasteiger partial charge in [0.1, 0.15) is 17.4 Å². The van der Waals surface area contributed by atoms with Crippen LogP contribution in [0.4, 0.5) is 0 Å². The summed E-state index contributed by atoms with van der Waals surface area (Å²) in [6, 6.07) is 10.3. The van der Waals surface area contributed by atoms with Crippen molar-refractivity contribution >= 4 is 11.6 Å². The molecule has 1 aromatic heterocycles. The Kier molecular flexibility index (Phi) is 3.51. The predicted octanol–water partition coefficient (Wildman–Crippen LogP) is 2.27. The summed E-state index contributed by atoms with van der Waals surface area (Å²) in [5.74, 6) is -0.604. The number of aryl methyl sites for hydroxylation is 1. The van der Waals surface area contributed by atoms with Gasteiger partial charge in [0, 0.05) is 11.1 Å². The number of allylic oxidation sites excluding steroid dienone is 1. The molecule has 1 aromatic carbocycles. The van der Waals surface area contributed by atoms with Crippen LogP contribution in [-0.4, -0.2) is 9.94 Å². The molecular weight excluding hydrogens is 318 g/mol. The van der Waals surface area contributed by atoms with Crippen LogP contribution in [-0.2, 0) is 0 Å². The molecule has 0 saturated carbocycles. The van der Waals surface area contributed by atoms with Gasteiger partial charge in [0.15, 0.2) is 0 Å². The summed E-state index contributed by atoms with van der Waals surface area (Å²) < 4.78 is 5.94. The Balaban J connectivity index is 2.36. The Morgan fingerprint density at radius 3 is 2.83 bits per heavy atom. The Hall–Kier alpha value is -2.91. The maximum absolute atomic E-state index is 12.5. The highest BCUT2D eigenvalue weighted by atomic mass is 35.5. The van der Waals surface area contributed by atoms with E-state index in [-0.39, 0.29) is 22.8 Å². The highest BCUT2D eigenvalue weighted by Crippen LogP contribution is 2.40. The van der Waals surface area contributed by atoms with Crippen LogP contribution < -0.4 is 16.0 Å². The predicted molar refractivity (Wildman–Crippen MR) is 83.4 cm³/mol. The van der Waals surface area contributed by atoms with E-state index in [0.29, 0.717) is 21.0 Å². The number of fused-ring (bicyclic) bond motifs is 1. The van der Waals surface area contributed by atoms with Crippen LogP contribution >= 0.6 is 11.6 Å². The molecule has 0 amide bonds. The monoisotopic (exact) mass is 329 g/mol. The van der Waals surface area contributed by atoms with Crippen LogP contribution in [0.5, 0.6) is 5.75 Å². The van der Waals surface area contributed by atoms with E-state index in [0.717, 1.165) is 0 Å². The summed E-state index contributed by atoms with van der Waals surface area (Å²) in [7, 11) is 0. The third-order valence-corrected chi connectivity index (χ3v) is 3.96. The van der Waals surface area contributed by atoms with Crippen molar-refractivity contribution in [2.24, 2.45) is 5.73 Å². The average Bonchev–Trinajstić information content (AvgIpc) is 2.51. The number of halogens is 1. The van der Waals surface area contributed by atoms with Crippen molar-refractivity contribution in [3.05, 3.63) is 74.0 Å². The molecule has 3 N–H and O–H groups in total. The minimum Gasteiger partial charge on any atom is -0.440 e. The second-order valence-corrected chi connectivity index (χ2v) is 5.60. The molecular formula is C16H12ClN3O3. The van der Waals surface area contributed by atoms with Crippen molar-refractivity contribution in [2.75, 3.05) is 0 Å². The molecule has 1 unspecified atom stereocenters. The molecule has 1 aliphatic rings. The Bertz CT molecular complexity index is 941. The minimum atomic E-state index is -0.756. The van der Waals surface area contributed by atoms with Crippen LogP contribution in [0, 0.1) is 18.3 Å². The van der Waals surface area contributed by atoms with Crippen LogP contribution in [0.15, 0.2) is 46.6 Å². The lowest BCUT2D eigenvalue weighted by Gasteiger charge is -2.26. The van der Waals surface area contributed by atoms with Crippen molar-refractivity contribution in [1.82, 2.24) is 4.73 Å². The van der Waals surface area contributed by atoms with Gasteiger partial charge in [-0.15, -0.1) is 0 Å². The maximum Gasteiger partial charge on any atom is 0.291 e. The smallest absolute Gasteiger partial charge is 0.291 e. The van der Waals surface area contributed by atoms with Crippen molar-refractivity contribution in [3.8, 4) is 11.8 Å². The van der Waals surface area contributed by atoms with E-state index >= 15 is 0 Å². The van der Waals surface area contributed by atoms with Gasteiger partial charge in [-0.25, -0.2) is 0 Å². The summed E-state index contributed by atoms with van der Waals surface area (Å²) in [4.78, 5) is 12.5. The molecule has 7 heteroatoms. The van der Waals surface area contributed by atoms with E-state index in [1.165, 1.54) is 6.07 Å². The van der Waals surface area contributed by atoms with E-state index in [2.05, 4.69) is 0 Å². The SMILES string of the molecule is Cc1cc2c(c(=O)n1O)C(c1cccc(Cl)c1)C(C#N)=C(N)O2. The van der Waals surface area contributed by atoms with Gasteiger partial charge in [-0.1, -0.05) is 23.7 Å². The van der Waals surface area contributed by atoms with Crippen LogP contribution in [0.25, 0.3) is 0 Å². The number of pyridine rings is 1. The standard InChI is InChI=1S/C16H12ClN3O3/c1-8-5-12-14(16(21)20(8)22)13(11(7-18)15(19)23-12)9-3-2-4-10(17)6-9/h2-6,13,22H,19H2,1H3. The zero-order valence-electron chi connectivity index (χ0n) is 12.1. The maximum atomic E-state index is 12.5. The first kappa shape index (κ1) is 15.0. The fraction of sp³-hybridized carbons (Fsp3) is 0.125. The number of ether oxygens (including phenoxy) is 1. The van der Waals surface area contributed by atoms with E-state index in [1.54, 1.807) is 31.2 Å². The Labute approximate surface area is 136 Å². The lowest BCUT2D eigenvalue weighted by molar-refractivity contribution is 0.165. The molecule has 2 aromatic rings. The molecule has 0 radical (unpaired) electrons. The van der Waals surface area contributed by atoms with Gasteiger partial charge in [-0.3, -0.25) is 4.79 Å². The van der Waals surface area contributed by atoms with Crippen molar-refractivity contribution in [1.29, 1.82) is 5.26 Å². The van der Waals surface area contributed by atoms with Gasteiger partial charge in [0.05, 0.1) is 17.2 Å². The lowest BCUT2D eigenvalue weighted by atomic mass is 9.84. The van der Waals surface area contributed by atoms with Crippen LogP contribution in [0.3, 0.4) is 0 Å². The summed E-state index contributed by atoms with van der Waals surface area (Å²) >= 11 is 6.02. The van der Waals surface area contributed by atoms with Gasteiger partial charge in [0.25, 0.3) is 5.56 Å². The fourth-order valence-corrected chi connectivity index (χ4v) is 2.86. The molecule has 2 heterocycles. The third kappa shape index (κ3) is 2.31. The highest BCUT2D eigenvalue weighted by Gasteiger charge is 2.34. The molecule has 0 aliphatic carbocycles. The van der Waals surface area contributed by atoms with Gasteiger partial charge < -0.3 is 15.7 Å². The number of benzene rings is 1. The molecule has 3 rings (SSSR count). The van der Waals surface area contributed by atoms with E-state index in [9.17, 15) is 15.3 Å². The number of hydrogen-bond acceptors (Lipinski definition) is 5. The summed E-state index contributed by atoms with van der Waals surface area (Å²) in [6.07, 6.45) is 0. The number of nitrogens with zero attached hydrogens (tertiary/aromatic N) is 2. The molecule has 0 fully saturated rings. The first-order chi connectivity index (χ1) is 10.9. The minimum absolute atomic E-state index is 0.0699. The quantitative estimate of drug-likeness (QED) is 0.781. The molecule has 0 saturated heterocycles. The summed E-state index contributed by atoms with van der Waals surface area (Å²) in [6.45, 7) is 1.55. The van der Waals surface area contributed by atoms with E-state index in [4.69, 9.17) is 22.1 Å². The topological polar surface area (TPSA) is 101 Å². The summed E-state index contributed by atoms with van der Waals surface area (Å²) in [5.41, 5.74) is 6.33. The molecule has 0 bridgehead atoms. The average molecular weight is 330 g/mol. The number of nitriles is 1. The normalized spacial score (nSPS) is 16.5. The third-order valence-electron chi connectivity index (χ3n) is 3.73. The number of aromatic nitrogens is 1. The van der Waals surface area contributed by atoms with Crippen LogP contribution in [0.2, 0.25) is 5.02 Å². The first-order valence-corrected chi connectivity index (χ1v) is 7.10. The van der Waals surface area contributed by atoms with Crippen molar-refractivity contribution in [3.63, 3.8) is 0 Å². The molecule has 6 nitrogen and oxygen atoms in total. The zero-order valence-corrected chi connectivity index (χ0v) is 12.8. The van der Waals surface area contributed by atoms with E-state index < -0.39 is 11.5 Å². The molecule has 116 valence electrons.